The van der Waals surface area contributed by atoms with Gasteiger partial charge in [-0.3, -0.25) is 9.69 Å². The molecule has 6 heteroatoms. The lowest BCUT2D eigenvalue weighted by molar-refractivity contribution is -0.127. The highest BCUT2D eigenvalue weighted by Crippen LogP contribution is 2.15. The van der Waals surface area contributed by atoms with Gasteiger partial charge >= 0.3 is 0 Å². The van der Waals surface area contributed by atoms with Crippen molar-refractivity contribution < 1.29 is 4.79 Å². The first-order valence-corrected chi connectivity index (χ1v) is 8.04. The fraction of sp³-hybridized carbons (Fsp3) is 0.867. The van der Waals surface area contributed by atoms with Crippen molar-refractivity contribution in [3.8, 4) is 0 Å². The van der Waals surface area contributed by atoms with Crippen LogP contribution in [0.5, 0.6) is 0 Å². The summed E-state index contributed by atoms with van der Waals surface area (Å²) >= 11 is 0. The Morgan fingerprint density at radius 2 is 2.10 bits per heavy atom. The first kappa shape index (κ1) is 17.8. The first-order valence-electron chi connectivity index (χ1n) is 8.04. The summed E-state index contributed by atoms with van der Waals surface area (Å²) in [6.07, 6.45) is 3.54. The van der Waals surface area contributed by atoms with E-state index in [9.17, 15) is 4.79 Å². The van der Waals surface area contributed by atoms with Gasteiger partial charge in [0.15, 0.2) is 5.96 Å². The number of likely N-dealkylation sites (tertiary alicyclic amines) is 1. The van der Waals surface area contributed by atoms with Crippen molar-refractivity contribution in [1.82, 2.24) is 20.4 Å². The zero-order valence-corrected chi connectivity index (χ0v) is 14.0. The maximum absolute atomic E-state index is 11.6. The molecule has 1 unspecified atom stereocenters. The van der Waals surface area contributed by atoms with Crippen molar-refractivity contribution >= 4 is 11.9 Å². The minimum Gasteiger partial charge on any atom is -0.356 e. The van der Waals surface area contributed by atoms with E-state index in [-0.39, 0.29) is 12.5 Å². The lowest BCUT2D eigenvalue weighted by atomic mass is 10.2. The van der Waals surface area contributed by atoms with Gasteiger partial charge in [-0.15, -0.1) is 0 Å². The molecule has 6 nitrogen and oxygen atoms in total. The zero-order chi connectivity index (χ0) is 15.7. The number of guanidine groups is 1. The molecule has 0 aromatic carbocycles. The second-order valence-corrected chi connectivity index (χ2v) is 5.69. The summed E-state index contributed by atoms with van der Waals surface area (Å²) in [5.74, 6) is 0.763. The molecule has 1 atom stereocenters. The Balaban J connectivity index is 2.48. The molecule has 1 aliphatic heterocycles. The number of nitrogens with zero attached hydrogens (tertiary/aromatic N) is 3. The Hall–Kier alpha value is -1.30. The maximum Gasteiger partial charge on any atom is 0.243 e. The van der Waals surface area contributed by atoms with E-state index in [1.807, 2.05) is 0 Å². The van der Waals surface area contributed by atoms with E-state index in [1.165, 1.54) is 19.4 Å². The molecule has 0 saturated carbocycles. The number of rotatable bonds is 7. The Morgan fingerprint density at radius 3 is 2.71 bits per heavy atom. The molecule has 0 aromatic heterocycles. The molecule has 0 aromatic rings. The monoisotopic (exact) mass is 297 g/mol. The Labute approximate surface area is 129 Å². The summed E-state index contributed by atoms with van der Waals surface area (Å²) in [6.45, 7) is 8.55. The van der Waals surface area contributed by atoms with Crippen LogP contribution in [0.1, 0.15) is 33.1 Å². The Kier molecular flexibility index (Phi) is 8.12. The summed E-state index contributed by atoms with van der Waals surface area (Å²) < 4.78 is 0. The van der Waals surface area contributed by atoms with Crippen LogP contribution in [0.3, 0.4) is 0 Å². The van der Waals surface area contributed by atoms with Crippen LogP contribution in [-0.4, -0.2) is 74.5 Å². The van der Waals surface area contributed by atoms with Crippen molar-refractivity contribution in [3.05, 3.63) is 0 Å². The van der Waals surface area contributed by atoms with Crippen molar-refractivity contribution in [1.29, 1.82) is 0 Å². The number of nitrogens with one attached hydrogen (secondary N) is 2. The van der Waals surface area contributed by atoms with E-state index in [1.54, 1.807) is 19.0 Å². The number of carbonyl (C=O) groups excluding carboxylic acids is 1. The molecular formula is C15H31N5O. The third kappa shape index (κ3) is 6.33. The molecule has 1 aliphatic rings. The third-order valence-electron chi connectivity index (χ3n) is 3.82. The quantitative estimate of drug-likeness (QED) is 0.531. The summed E-state index contributed by atoms with van der Waals surface area (Å²) in [6, 6.07) is 0.577. The minimum absolute atomic E-state index is 0.0173. The number of likely N-dealkylation sites (N-methyl/N-ethyl adjacent to an activating group) is 2. The standard InChI is InChI=1S/C15H31N5O/c1-5-9-16-15(18-12-14(21)19(3)4)17-11-13-8-7-10-20(13)6-2/h13H,5-12H2,1-4H3,(H2,16,17,18). The number of aliphatic imine (C=N–C) groups is 1. The van der Waals surface area contributed by atoms with Gasteiger partial charge in [-0.05, 0) is 32.4 Å². The molecule has 0 spiro atoms. The fourth-order valence-corrected chi connectivity index (χ4v) is 2.46. The average molecular weight is 297 g/mol. The van der Waals surface area contributed by atoms with E-state index < -0.39 is 0 Å². The largest absolute Gasteiger partial charge is 0.356 e. The molecule has 1 rings (SSSR count). The van der Waals surface area contributed by atoms with Gasteiger partial charge in [0.2, 0.25) is 5.91 Å². The van der Waals surface area contributed by atoms with Crippen molar-refractivity contribution in [2.75, 3.05) is 46.8 Å². The lowest BCUT2D eigenvalue weighted by Crippen LogP contribution is -2.45. The topological polar surface area (TPSA) is 60.0 Å². The normalized spacial score (nSPS) is 19.6. The van der Waals surface area contributed by atoms with Gasteiger partial charge in [-0.1, -0.05) is 13.8 Å². The van der Waals surface area contributed by atoms with Crippen LogP contribution in [0.4, 0.5) is 0 Å². The molecule has 1 fully saturated rings. The van der Waals surface area contributed by atoms with Gasteiger partial charge < -0.3 is 15.5 Å². The van der Waals surface area contributed by atoms with E-state index in [4.69, 9.17) is 0 Å². The molecular weight excluding hydrogens is 266 g/mol. The van der Waals surface area contributed by atoms with Crippen LogP contribution >= 0.6 is 0 Å². The minimum atomic E-state index is 0.0173. The van der Waals surface area contributed by atoms with Crippen LogP contribution in [0, 0.1) is 0 Å². The highest BCUT2D eigenvalue weighted by Gasteiger charge is 2.22. The maximum atomic E-state index is 11.6. The van der Waals surface area contributed by atoms with Gasteiger partial charge in [0, 0.05) is 33.2 Å². The second-order valence-electron chi connectivity index (χ2n) is 5.69. The summed E-state index contributed by atoms with van der Waals surface area (Å²) in [5.41, 5.74) is 0. The number of hydrogen-bond donors (Lipinski definition) is 2. The van der Waals surface area contributed by atoms with Gasteiger partial charge in [0.05, 0.1) is 0 Å². The molecule has 0 aliphatic carbocycles. The predicted molar refractivity (Wildman–Crippen MR) is 87.6 cm³/mol. The molecule has 1 heterocycles. The van der Waals surface area contributed by atoms with Crippen molar-refractivity contribution in [3.63, 3.8) is 0 Å². The highest BCUT2D eigenvalue weighted by molar-refractivity contribution is 5.84. The van der Waals surface area contributed by atoms with Crippen molar-refractivity contribution in [2.45, 2.75) is 39.2 Å². The van der Waals surface area contributed by atoms with Crippen LogP contribution in [0.2, 0.25) is 0 Å². The highest BCUT2D eigenvalue weighted by atomic mass is 16.2. The number of hydrogen-bond acceptors (Lipinski definition) is 3. The number of carbonyl (C=O) groups is 1. The Bertz CT molecular complexity index is 343. The van der Waals surface area contributed by atoms with E-state index in [0.717, 1.165) is 32.0 Å². The van der Waals surface area contributed by atoms with Gasteiger partial charge in [-0.25, -0.2) is 4.99 Å². The fourth-order valence-electron chi connectivity index (χ4n) is 2.46. The summed E-state index contributed by atoms with van der Waals surface area (Å²) in [7, 11) is 3.50. The van der Waals surface area contributed by atoms with Gasteiger partial charge in [0.25, 0.3) is 0 Å². The van der Waals surface area contributed by atoms with E-state index in [2.05, 4.69) is 34.4 Å². The molecule has 21 heavy (non-hydrogen) atoms. The zero-order valence-electron chi connectivity index (χ0n) is 14.0. The smallest absolute Gasteiger partial charge is 0.243 e. The van der Waals surface area contributed by atoms with Crippen LogP contribution < -0.4 is 10.6 Å². The summed E-state index contributed by atoms with van der Waals surface area (Å²) in [5, 5.41) is 6.65. The SMILES string of the molecule is CCCNC(=NCC(=O)N(C)C)NCC1CCCN1CC. The van der Waals surface area contributed by atoms with Crippen LogP contribution in [0.25, 0.3) is 0 Å². The van der Waals surface area contributed by atoms with Gasteiger partial charge in [-0.2, -0.15) is 0 Å². The average Bonchev–Trinajstić information content (AvgIpc) is 2.93. The lowest BCUT2D eigenvalue weighted by Gasteiger charge is -2.24. The van der Waals surface area contributed by atoms with Crippen LogP contribution in [0.15, 0.2) is 4.99 Å². The van der Waals surface area contributed by atoms with E-state index in [0.29, 0.717) is 6.04 Å². The third-order valence-corrected chi connectivity index (χ3v) is 3.82. The molecule has 0 radical (unpaired) electrons. The molecule has 2 N–H and O–H groups in total. The van der Waals surface area contributed by atoms with Gasteiger partial charge in [0.1, 0.15) is 6.54 Å². The van der Waals surface area contributed by atoms with E-state index >= 15 is 0 Å². The predicted octanol–water partition coefficient (Wildman–Crippen LogP) is 0.504. The second kappa shape index (κ2) is 9.60. The molecule has 1 amide bonds. The molecule has 122 valence electrons. The Morgan fingerprint density at radius 1 is 1.33 bits per heavy atom. The van der Waals surface area contributed by atoms with Crippen LogP contribution in [-0.2, 0) is 4.79 Å². The molecule has 0 bridgehead atoms. The summed E-state index contributed by atoms with van der Waals surface area (Å²) in [4.78, 5) is 20.1. The molecule has 1 saturated heterocycles. The van der Waals surface area contributed by atoms with Crippen molar-refractivity contribution in [2.24, 2.45) is 4.99 Å². The first-order chi connectivity index (χ1) is 10.1. The number of amides is 1.